The minimum atomic E-state index is -1.49. The van der Waals surface area contributed by atoms with Crippen LogP contribution in [0.3, 0.4) is 0 Å². The largest absolute Gasteiger partial charge is 0.494 e. The van der Waals surface area contributed by atoms with Gasteiger partial charge in [0.25, 0.3) is 0 Å². The molecule has 5 nitrogen and oxygen atoms in total. The van der Waals surface area contributed by atoms with Gasteiger partial charge in [-0.15, -0.1) is 11.8 Å². The van der Waals surface area contributed by atoms with Crippen molar-refractivity contribution in [3.05, 3.63) is 75.3 Å². The molecular weight excluding hydrogens is 408 g/mol. The summed E-state index contributed by atoms with van der Waals surface area (Å²) in [7, 11) is 0. The van der Waals surface area contributed by atoms with E-state index in [4.69, 9.17) is 16.3 Å². The number of carbonyl (C=O) groups excluding carboxylic acids is 1. The van der Waals surface area contributed by atoms with Gasteiger partial charge in [0.1, 0.15) is 5.75 Å². The summed E-state index contributed by atoms with van der Waals surface area (Å²) in [6, 6.07) is 16.5. The molecular formula is C22H19ClN2O3S. The quantitative estimate of drug-likeness (QED) is 0.785. The van der Waals surface area contributed by atoms with Gasteiger partial charge < -0.3 is 9.84 Å². The maximum absolute atomic E-state index is 13.1. The Balaban J connectivity index is 1.73. The average Bonchev–Trinajstić information content (AvgIpc) is 3.08. The standard InChI is InChI=1S/C22H19ClN2O3S/c1-2-28-17-9-5-15(6-10-17)22(27)13-29-21-19(12-24)18(11-20(26)25(21)22)14-3-7-16(23)8-4-14/h3-10,18,27H,2,11,13H2,1H3/t18-,22+/m1/s1. The number of hydrogen-bond donors (Lipinski definition) is 1. The van der Waals surface area contributed by atoms with Gasteiger partial charge in [-0.2, -0.15) is 5.26 Å². The molecule has 2 heterocycles. The monoisotopic (exact) mass is 426 g/mol. The second kappa shape index (κ2) is 7.75. The van der Waals surface area contributed by atoms with E-state index < -0.39 is 5.72 Å². The van der Waals surface area contributed by atoms with Gasteiger partial charge in [0.2, 0.25) is 5.91 Å². The molecule has 1 saturated heterocycles. The predicted molar refractivity (Wildman–Crippen MR) is 112 cm³/mol. The molecule has 0 unspecified atom stereocenters. The van der Waals surface area contributed by atoms with E-state index in [9.17, 15) is 15.2 Å². The number of nitrogens with zero attached hydrogens (tertiary/aromatic N) is 2. The Hall–Kier alpha value is -2.46. The van der Waals surface area contributed by atoms with Crippen LogP contribution in [0.25, 0.3) is 0 Å². The zero-order chi connectivity index (χ0) is 20.6. The molecule has 7 heteroatoms. The lowest BCUT2D eigenvalue weighted by atomic mass is 9.85. The summed E-state index contributed by atoms with van der Waals surface area (Å²) in [5.74, 6) is 0.416. The minimum Gasteiger partial charge on any atom is -0.494 e. The van der Waals surface area contributed by atoms with Crippen LogP contribution < -0.4 is 4.74 Å². The van der Waals surface area contributed by atoms with Crippen LogP contribution >= 0.6 is 23.4 Å². The number of thioether (sulfide) groups is 1. The van der Waals surface area contributed by atoms with Crippen LogP contribution in [0.2, 0.25) is 5.02 Å². The fraction of sp³-hybridized carbons (Fsp3) is 0.273. The van der Waals surface area contributed by atoms with Crippen molar-refractivity contribution in [2.75, 3.05) is 12.4 Å². The first-order valence-corrected chi connectivity index (χ1v) is 10.7. The minimum absolute atomic E-state index is 0.119. The van der Waals surface area contributed by atoms with Crippen molar-refractivity contribution >= 4 is 29.3 Å². The lowest BCUT2D eigenvalue weighted by molar-refractivity contribution is -0.149. The van der Waals surface area contributed by atoms with E-state index in [1.807, 2.05) is 19.1 Å². The molecule has 2 aliphatic heterocycles. The van der Waals surface area contributed by atoms with Gasteiger partial charge in [0.05, 0.1) is 29.0 Å². The summed E-state index contributed by atoms with van der Waals surface area (Å²) < 4.78 is 5.46. The predicted octanol–water partition coefficient (Wildman–Crippen LogP) is 4.38. The second-order valence-electron chi connectivity index (χ2n) is 6.93. The van der Waals surface area contributed by atoms with Crippen molar-refractivity contribution in [2.45, 2.75) is 25.0 Å². The summed E-state index contributed by atoms with van der Waals surface area (Å²) in [6.45, 7) is 2.45. The summed E-state index contributed by atoms with van der Waals surface area (Å²) >= 11 is 7.31. The molecule has 0 aliphatic carbocycles. The number of aliphatic hydroxyl groups is 1. The summed E-state index contributed by atoms with van der Waals surface area (Å²) in [4.78, 5) is 14.5. The third kappa shape index (κ3) is 3.40. The number of benzene rings is 2. The van der Waals surface area contributed by atoms with Crippen LogP contribution in [0, 0.1) is 11.3 Å². The van der Waals surface area contributed by atoms with Crippen LogP contribution in [0.4, 0.5) is 0 Å². The van der Waals surface area contributed by atoms with E-state index in [0.29, 0.717) is 33.5 Å². The molecule has 1 N–H and O–H groups in total. The smallest absolute Gasteiger partial charge is 0.231 e. The highest BCUT2D eigenvalue weighted by Gasteiger charge is 2.51. The zero-order valence-corrected chi connectivity index (χ0v) is 17.3. The van der Waals surface area contributed by atoms with Crippen molar-refractivity contribution in [1.82, 2.24) is 4.90 Å². The molecule has 148 valence electrons. The summed E-state index contributed by atoms with van der Waals surface area (Å²) in [5, 5.41) is 22.4. The van der Waals surface area contributed by atoms with E-state index in [-0.39, 0.29) is 24.0 Å². The van der Waals surface area contributed by atoms with Gasteiger partial charge in [0.15, 0.2) is 5.72 Å². The van der Waals surface area contributed by atoms with Crippen molar-refractivity contribution < 1.29 is 14.6 Å². The fourth-order valence-corrected chi connectivity index (χ4v) is 5.29. The van der Waals surface area contributed by atoms with Crippen molar-refractivity contribution in [1.29, 1.82) is 5.26 Å². The molecule has 0 bridgehead atoms. The molecule has 1 fully saturated rings. The Bertz CT molecular complexity index is 1010. The Kier molecular flexibility index (Phi) is 5.30. The third-order valence-electron chi connectivity index (χ3n) is 5.21. The topological polar surface area (TPSA) is 73.6 Å². The van der Waals surface area contributed by atoms with E-state index in [1.165, 1.54) is 16.7 Å². The first-order chi connectivity index (χ1) is 14.0. The zero-order valence-electron chi connectivity index (χ0n) is 15.8. The molecule has 0 radical (unpaired) electrons. The number of amides is 1. The third-order valence-corrected chi connectivity index (χ3v) is 6.69. The molecule has 2 aromatic rings. The van der Waals surface area contributed by atoms with Crippen LogP contribution in [-0.2, 0) is 10.5 Å². The second-order valence-corrected chi connectivity index (χ2v) is 8.33. The average molecular weight is 427 g/mol. The number of nitriles is 1. The highest BCUT2D eigenvalue weighted by molar-refractivity contribution is 8.03. The van der Waals surface area contributed by atoms with Crippen LogP contribution in [0.5, 0.6) is 5.75 Å². The summed E-state index contributed by atoms with van der Waals surface area (Å²) in [5.41, 5.74) is 0.468. The van der Waals surface area contributed by atoms with Gasteiger partial charge in [-0.1, -0.05) is 35.9 Å². The molecule has 29 heavy (non-hydrogen) atoms. The highest BCUT2D eigenvalue weighted by atomic mass is 35.5. The van der Waals surface area contributed by atoms with Gasteiger partial charge in [0, 0.05) is 22.9 Å². The molecule has 2 aliphatic rings. The molecule has 0 saturated carbocycles. The fourth-order valence-electron chi connectivity index (χ4n) is 3.80. The number of allylic oxidation sites excluding steroid dienone is 1. The Morgan fingerprint density at radius 3 is 2.59 bits per heavy atom. The summed E-state index contributed by atoms with van der Waals surface area (Å²) in [6.07, 6.45) is 0.119. The van der Waals surface area contributed by atoms with Crippen molar-refractivity contribution in [3.8, 4) is 11.8 Å². The van der Waals surface area contributed by atoms with Gasteiger partial charge in [-0.3, -0.25) is 9.69 Å². The Labute approximate surface area is 178 Å². The van der Waals surface area contributed by atoms with Crippen LogP contribution in [-0.4, -0.2) is 28.3 Å². The number of carbonyl (C=O) groups is 1. The number of ether oxygens (including phenoxy) is 1. The van der Waals surface area contributed by atoms with Crippen molar-refractivity contribution in [2.24, 2.45) is 0 Å². The number of fused-ring (bicyclic) bond motifs is 1. The molecule has 0 spiro atoms. The van der Waals surface area contributed by atoms with Crippen molar-refractivity contribution in [3.63, 3.8) is 0 Å². The van der Waals surface area contributed by atoms with E-state index in [1.54, 1.807) is 36.4 Å². The van der Waals surface area contributed by atoms with Gasteiger partial charge in [-0.05, 0) is 36.8 Å². The maximum atomic E-state index is 13.1. The lowest BCUT2D eigenvalue weighted by Crippen LogP contribution is -2.48. The Morgan fingerprint density at radius 1 is 1.28 bits per heavy atom. The van der Waals surface area contributed by atoms with E-state index in [0.717, 1.165) is 5.56 Å². The van der Waals surface area contributed by atoms with Crippen LogP contribution in [0.1, 0.15) is 30.4 Å². The van der Waals surface area contributed by atoms with E-state index in [2.05, 4.69) is 6.07 Å². The first kappa shape index (κ1) is 19.8. The highest BCUT2D eigenvalue weighted by Crippen LogP contribution is 2.51. The van der Waals surface area contributed by atoms with E-state index >= 15 is 0 Å². The maximum Gasteiger partial charge on any atom is 0.231 e. The Morgan fingerprint density at radius 2 is 1.97 bits per heavy atom. The molecule has 1 amide bonds. The number of halogens is 1. The molecule has 2 aromatic carbocycles. The van der Waals surface area contributed by atoms with Gasteiger partial charge >= 0.3 is 0 Å². The lowest BCUT2D eigenvalue weighted by Gasteiger charge is -2.38. The number of hydrogen-bond acceptors (Lipinski definition) is 5. The SMILES string of the molecule is CCOc1ccc([C@@]2(O)CSC3=C(C#N)[C@@H](c4ccc(Cl)cc4)CC(=O)N32)cc1. The van der Waals surface area contributed by atoms with Crippen LogP contribution in [0.15, 0.2) is 59.1 Å². The molecule has 0 aromatic heterocycles. The normalized spacial score (nSPS) is 23.7. The van der Waals surface area contributed by atoms with Gasteiger partial charge in [-0.25, -0.2) is 0 Å². The number of rotatable bonds is 4. The molecule has 4 rings (SSSR count). The molecule has 2 atom stereocenters. The first-order valence-electron chi connectivity index (χ1n) is 9.29.